The summed E-state index contributed by atoms with van der Waals surface area (Å²) in [6.07, 6.45) is 7.19. The smallest absolute Gasteiger partial charge is 0.224 e. The molecule has 1 atom stereocenters. The van der Waals surface area contributed by atoms with Gasteiger partial charge < -0.3 is 15.3 Å². The fraction of sp³-hybridized carbons (Fsp3) is 0.929. The van der Waals surface area contributed by atoms with E-state index in [4.69, 9.17) is 0 Å². The number of amides is 1. The summed E-state index contributed by atoms with van der Waals surface area (Å²) in [5.41, 5.74) is -0.682. The van der Waals surface area contributed by atoms with Gasteiger partial charge >= 0.3 is 0 Å². The molecule has 1 unspecified atom stereocenters. The number of aliphatic hydroxyl groups is 1. The third kappa shape index (κ3) is 3.04. The zero-order valence-electron chi connectivity index (χ0n) is 11.7. The van der Waals surface area contributed by atoms with Crippen LogP contribution in [0.1, 0.15) is 51.9 Å². The summed E-state index contributed by atoms with van der Waals surface area (Å²) >= 11 is 0. The molecule has 1 aliphatic carbocycles. The molecule has 0 aromatic heterocycles. The number of hydrogen-bond donors (Lipinski definition) is 2. The van der Waals surface area contributed by atoms with Crippen LogP contribution in [-0.4, -0.2) is 47.2 Å². The lowest BCUT2D eigenvalue weighted by Crippen LogP contribution is -2.49. The Morgan fingerprint density at radius 3 is 2.44 bits per heavy atom. The zero-order valence-corrected chi connectivity index (χ0v) is 11.7. The molecule has 0 aromatic carbocycles. The summed E-state index contributed by atoms with van der Waals surface area (Å²) < 4.78 is 0. The van der Waals surface area contributed by atoms with Crippen molar-refractivity contribution in [2.24, 2.45) is 0 Å². The quantitative estimate of drug-likeness (QED) is 0.798. The Kier molecular flexibility index (Phi) is 3.97. The molecule has 0 radical (unpaired) electrons. The van der Waals surface area contributed by atoms with Crippen LogP contribution in [0, 0.1) is 0 Å². The maximum Gasteiger partial charge on any atom is 0.224 e. The van der Waals surface area contributed by atoms with E-state index in [1.54, 1.807) is 0 Å². The Labute approximate surface area is 110 Å². The van der Waals surface area contributed by atoms with E-state index in [2.05, 4.69) is 5.32 Å². The molecule has 0 bridgehead atoms. The van der Waals surface area contributed by atoms with Crippen LogP contribution in [0.4, 0.5) is 0 Å². The van der Waals surface area contributed by atoms with Crippen LogP contribution in [0.25, 0.3) is 0 Å². The predicted molar refractivity (Wildman–Crippen MR) is 71.3 cm³/mol. The first-order chi connectivity index (χ1) is 8.46. The number of carbonyl (C=O) groups is 1. The Morgan fingerprint density at radius 1 is 1.28 bits per heavy atom. The second kappa shape index (κ2) is 5.17. The molecule has 1 aliphatic heterocycles. The average molecular weight is 254 g/mol. The number of nitrogens with one attached hydrogen (secondary N) is 1. The fourth-order valence-corrected chi connectivity index (χ4v) is 3.30. The van der Waals surface area contributed by atoms with Crippen molar-refractivity contribution in [1.82, 2.24) is 10.2 Å². The molecule has 2 rings (SSSR count). The van der Waals surface area contributed by atoms with Gasteiger partial charge in [0.15, 0.2) is 0 Å². The van der Waals surface area contributed by atoms with E-state index in [0.717, 1.165) is 12.8 Å². The molecule has 4 nitrogen and oxygen atoms in total. The van der Waals surface area contributed by atoms with Gasteiger partial charge in [-0.25, -0.2) is 0 Å². The van der Waals surface area contributed by atoms with Crippen molar-refractivity contribution in [3.63, 3.8) is 0 Å². The van der Waals surface area contributed by atoms with Crippen LogP contribution in [0.5, 0.6) is 0 Å². The van der Waals surface area contributed by atoms with E-state index < -0.39 is 5.60 Å². The molecular weight excluding hydrogens is 228 g/mol. The highest BCUT2D eigenvalue weighted by molar-refractivity contribution is 5.78. The molecule has 18 heavy (non-hydrogen) atoms. The zero-order chi connectivity index (χ0) is 13.2. The van der Waals surface area contributed by atoms with Crippen molar-refractivity contribution in [2.45, 2.75) is 63.0 Å². The van der Waals surface area contributed by atoms with Gasteiger partial charge in [-0.3, -0.25) is 4.79 Å². The van der Waals surface area contributed by atoms with Crippen LogP contribution >= 0.6 is 0 Å². The lowest BCUT2D eigenvalue weighted by molar-refractivity contribution is -0.133. The average Bonchev–Trinajstić information content (AvgIpc) is 2.71. The minimum Gasteiger partial charge on any atom is -0.388 e. The number of likely N-dealkylation sites (tertiary alicyclic amines) is 1. The Hall–Kier alpha value is -0.610. The van der Waals surface area contributed by atoms with Crippen LogP contribution < -0.4 is 5.32 Å². The predicted octanol–water partition coefficient (Wildman–Crippen LogP) is 1.28. The van der Waals surface area contributed by atoms with Crippen molar-refractivity contribution in [3.8, 4) is 0 Å². The van der Waals surface area contributed by atoms with Crippen LogP contribution in [0.3, 0.4) is 0 Å². The van der Waals surface area contributed by atoms with Crippen LogP contribution in [-0.2, 0) is 4.79 Å². The number of nitrogens with zero attached hydrogens (tertiary/aromatic N) is 1. The second-order valence-corrected chi connectivity index (χ2v) is 6.33. The standard InChI is InChI=1S/C14H26N2O2/c1-13(18)8-9-16(11-13)12(17)10-14(15-2)6-4-3-5-7-14/h15,18H,3-11H2,1-2H3. The van der Waals surface area contributed by atoms with E-state index >= 15 is 0 Å². The third-order valence-electron chi connectivity index (χ3n) is 4.64. The van der Waals surface area contributed by atoms with E-state index in [1.807, 2.05) is 18.9 Å². The van der Waals surface area contributed by atoms with Gasteiger partial charge in [-0.2, -0.15) is 0 Å². The first kappa shape index (κ1) is 13.8. The lowest BCUT2D eigenvalue weighted by Gasteiger charge is -2.37. The molecule has 1 saturated carbocycles. The van der Waals surface area contributed by atoms with Gasteiger partial charge in [0, 0.05) is 25.0 Å². The van der Waals surface area contributed by atoms with E-state index in [9.17, 15) is 9.90 Å². The number of β-amino-alcohol motifs (C(OH)–C–C–N with tert-alkyl or cyclic N) is 1. The first-order valence-corrected chi connectivity index (χ1v) is 7.16. The normalized spacial score (nSPS) is 31.6. The maximum atomic E-state index is 12.3. The van der Waals surface area contributed by atoms with Gasteiger partial charge in [0.25, 0.3) is 0 Å². The Balaban J connectivity index is 1.93. The summed E-state index contributed by atoms with van der Waals surface area (Å²) in [4.78, 5) is 14.2. The minimum atomic E-state index is -0.685. The van der Waals surface area contributed by atoms with Crippen LogP contribution in [0.15, 0.2) is 0 Å². The minimum absolute atomic E-state index is 0.00375. The summed E-state index contributed by atoms with van der Waals surface area (Å²) in [5, 5.41) is 13.3. The van der Waals surface area contributed by atoms with Gasteiger partial charge in [-0.1, -0.05) is 19.3 Å². The summed E-state index contributed by atoms with van der Waals surface area (Å²) in [7, 11) is 1.97. The van der Waals surface area contributed by atoms with E-state index in [0.29, 0.717) is 25.9 Å². The molecular formula is C14H26N2O2. The first-order valence-electron chi connectivity index (χ1n) is 7.16. The highest BCUT2D eigenvalue weighted by Crippen LogP contribution is 2.32. The molecule has 0 spiro atoms. The Bertz CT molecular complexity index is 309. The van der Waals surface area contributed by atoms with Gasteiger partial charge in [-0.15, -0.1) is 0 Å². The molecule has 2 N–H and O–H groups in total. The molecule has 2 aliphatic rings. The largest absolute Gasteiger partial charge is 0.388 e. The maximum absolute atomic E-state index is 12.3. The van der Waals surface area contributed by atoms with E-state index in [-0.39, 0.29) is 11.4 Å². The fourth-order valence-electron chi connectivity index (χ4n) is 3.30. The van der Waals surface area contributed by atoms with Gasteiger partial charge in [0.05, 0.1) is 5.60 Å². The Morgan fingerprint density at radius 2 is 1.94 bits per heavy atom. The van der Waals surface area contributed by atoms with Crippen molar-refractivity contribution >= 4 is 5.91 Å². The van der Waals surface area contributed by atoms with E-state index in [1.165, 1.54) is 19.3 Å². The topological polar surface area (TPSA) is 52.6 Å². The monoisotopic (exact) mass is 254 g/mol. The van der Waals surface area contributed by atoms with Crippen molar-refractivity contribution < 1.29 is 9.90 Å². The van der Waals surface area contributed by atoms with Gasteiger partial charge in [-0.05, 0) is 33.2 Å². The van der Waals surface area contributed by atoms with Crippen molar-refractivity contribution in [1.29, 1.82) is 0 Å². The van der Waals surface area contributed by atoms with Gasteiger partial charge in [0.1, 0.15) is 0 Å². The lowest BCUT2D eigenvalue weighted by atomic mass is 9.79. The van der Waals surface area contributed by atoms with Gasteiger partial charge in [0.2, 0.25) is 5.91 Å². The second-order valence-electron chi connectivity index (χ2n) is 6.33. The summed E-state index contributed by atoms with van der Waals surface area (Å²) in [6, 6.07) is 0. The van der Waals surface area contributed by atoms with Crippen molar-refractivity contribution in [2.75, 3.05) is 20.1 Å². The number of rotatable bonds is 3. The molecule has 4 heteroatoms. The SMILES string of the molecule is CNC1(CC(=O)N2CCC(C)(O)C2)CCCCC1. The molecule has 104 valence electrons. The molecule has 2 fully saturated rings. The molecule has 0 aromatic rings. The summed E-state index contributed by atoms with van der Waals surface area (Å²) in [6.45, 7) is 3.01. The molecule has 1 saturated heterocycles. The van der Waals surface area contributed by atoms with Crippen molar-refractivity contribution in [3.05, 3.63) is 0 Å². The number of hydrogen-bond acceptors (Lipinski definition) is 3. The molecule has 1 heterocycles. The number of carbonyl (C=O) groups excluding carboxylic acids is 1. The third-order valence-corrected chi connectivity index (χ3v) is 4.64. The molecule has 1 amide bonds. The highest BCUT2D eigenvalue weighted by atomic mass is 16.3. The van der Waals surface area contributed by atoms with Crippen LogP contribution in [0.2, 0.25) is 0 Å². The highest BCUT2D eigenvalue weighted by Gasteiger charge is 2.38. The summed E-state index contributed by atoms with van der Waals surface area (Å²) in [5.74, 6) is 0.198.